The second-order valence-electron chi connectivity index (χ2n) is 6.44. The molecule has 0 bridgehead atoms. The van der Waals surface area contributed by atoms with Gasteiger partial charge in [-0.05, 0) is 36.6 Å². The number of carbonyl (C=O) groups is 2. The van der Waals surface area contributed by atoms with Crippen LogP contribution in [0.3, 0.4) is 0 Å². The first kappa shape index (κ1) is 19.5. The molecule has 1 fully saturated rings. The Morgan fingerprint density at radius 2 is 1.84 bits per heavy atom. The maximum atomic E-state index is 12.4. The molecule has 0 saturated carbocycles. The van der Waals surface area contributed by atoms with Crippen molar-refractivity contribution < 1.29 is 18.0 Å². The highest BCUT2D eigenvalue weighted by atomic mass is 35.5. The first-order chi connectivity index (χ1) is 11.7. The number of hydrogen-bond donors (Lipinski definition) is 3. The summed E-state index contributed by atoms with van der Waals surface area (Å²) in [5.41, 5.74) is 0.573. The zero-order valence-electron chi connectivity index (χ0n) is 14.1. The van der Waals surface area contributed by atoms with Crippen molar-refractivity contribution in [2.24, 2.45) is 5.92 Å². The minimum Gasteiger partial charge on any atom is -0.334 e. The Morgan fingerprint density at radius 3 is 2.36 bits per heavy atom. The second kappa shape index (κ2) is 8.05. The molecule has 1 aromatic carbocycles. The third-order valence-corrected chi connectivity index (χ3v) is 5.94. The van der Waals surface area contributed by atoms with Gasteiger partial charge in [-0.3, -0.25) is 4.79 Å². The summed E-state index contributed by atoms with van der Waals surface area (Å²) in [5, 5.41) is 8.52. The van der Waals surface area contributed by atoms with Crippen molar-refractivity contribution in [2.75, 3.05) is 16.8 Å². The van der Waals surface area contributed by atoms with Crippen molar-refractivity contribution in [3.8, 4) is 0 Å². The summed E-state index contributed by atoms with van der Waals surface area (Å²) in [6.07, 6.45) is 0.388. The molecule has 1 unspecified atom stereocenters. The van der Waals surface area contributed by atoms with Crippen molar-refractivity contribution >= 4 is 39.1 Å². The molecule has 1 aliphatic rings. The molecule has 0 aliphatic carbocycles. The average Bonchev–Trinajstić information content (AvgIpc) is 2.85. The SMILES string of the molecule is CC(C)[C@H](NC(=O)NC1CCS(=O)(=O)C1)C(=O)Nc1ccc(Cl)cc1. The van der Waals surface area contributed by atoms with Gasteiger partial charge in [0.15, 0.2) is 9.84 Å². The van der Waals surface area contributed by atoms with Gasteiger partial charge in [-0.15, -0.1) is 0 Å². The molecular weight excluding hydrogens is 366 g/mol. The van der Waals surface area contributed by atoms with Crippen LogP contribution >= 0.6 is 11.6 Å². The lowest BCUT2D eigenvalue weighted by Gasteiger charge is -2.23. The molecule has 25 heavy (non-hydrogen) atoms. The summed E-state index contributed by atoms with van der Waals surface area (Å²) in [7, 11) is -3.08. The first-order valence-corrected chi connectivity index (χ1v) is 10.2. The molecule has 1 aliphatic heterocycles. The highest BCUT2D eigenvalue weighted by molar-refractivity contribution is 7.91. The number of benzene rings is 1. The van der Waals surface area contributed by atoms with Crippen molar-refractivity contribution in [1.82, 2.24) is 10.6 Å². The van der Waals surface area contributed by atoms with Crippen LogP contribution < -0.4 is 16.0 Å². The number of anilines is 1. The molecule has 1 aromatic rings. The third kappa shape index (κ3) is 5.89. The van der Waals surface area contributed by atoms with Crippen molar-refractivity contribution in [1.29, 1.82) is 0 Å². The van der Waals surface area contributed by atoms with E-state index in [9.17, 15) is 18.0 Å². The Labute approximate surface area is 152 Å². The first-order valence-electron chi connectivity index (χ1n) is 8.00. The number of amides is 3. The van der Waals surface area contributed by atoms with Crippen LogP contribution in [-0.4, -0.2) is 43.9 Å². The Hall–Kier alpha value is -1.80. The fourth-order valence-corrected chi connectivity index (χ4v) is 4.36. The molecule has 0 spiro atoms. The lowest BCUT2D eigenvalue weighted by Crippen LogP contribution is -2.52. The minimum absolute atomic E-state index is 0.0657. The number of nitrogens with one attached hydrogen (secondary N) is 3. The number of carbonyl (C=O) groups excluding carboxylic acids is 2. The largest absolute Gasteiger partial charge is 0.334 e. The van der Waals surface area contributed by atoms with E-state index < -0.39 is 28.0 Å². The Bertz CT molecular complexity index is 734. The zero-order chi connectivity index (χ0) is 18.6. The molecule has 2 rings (SSSR count). The highest BCUT2D eigenvalue weighted by Gasteiger charge is 2.30. The molecule has 7 nitrogen and oxygen atoms in total. The smallest absolute Gasteiger partial charge is 0.315 e. The van der Waals surface area contributed by atoms with Gasteiger partial charge in [0.1, 0.15) is 6.04 Å². The number of sulfone groups is 1. The summed E-state index contributed by atoms with van der Waals surface area (Å²) < 4.78 is 22.9. The van der Waals surface area contributed by atoms with E-state index >= 15 is 0 Å². The van der Waals surface area contributed by atoms with Crippen LogP contribution in [0.5, 0.6) is 0 Å². The Balaban J connectivity index is 1.94. The maximum absolute atomic E-state index is 12.4. The minimum atomic E-state index is -3.08. The van der Waals surface area contributed by atoms with Gasteiger partial charge in [-0.25, -0.2) is 13.2 Å². The van der Waals surface area contributed by atoms with E-state index in [1.165, 1.54) is 0 Å². The number of halogens is 1. The predicted molar refractivity (Wildman–Crippen MR) is 97.4 cm³/mol. The normalized spacial score (nSPS) is 20.1. The van der Waals surface area contributed by atoms with Gasteiger partial charge in [0.05, 0.1) is 11.5 Å². The monoisotopic (exact) mass is 387 g/mol. The van der Waals surface area contributed by atoms with E-state index in [1.807, 2.05) is 13.8 Å². The fourth-order valence-electron chi connectivity index (χ4n) is 2.57. The quantitative estimate of drug-likeness (QED) is 0.716. The molecule has 3 N–H and O–H groups in total. The second-order valence-corrected chi connectivity index (χ2v) is 9.10. The third-order valence-electron chi connectivity index (χ3n) is 3.92. The number of hydrogen-bond acceptors (Lipinski definition) is 4. The van der Waals surface area contributed by atoms with E-state index in [0.29, 0.717) is 17.1 Å². The lowest BCUT2D eigenvalue weighted by molar-refractivity contribution is -0.118. The molecule has 1 saturated heterocycles. The molecule has 9 heteroatoms. The van der Waals surface area contributed by atoms with Crippen LogP contribution in [0.25, 0.3) is 0 Å². The van der Waals surface area contributed by atoms with Crippen LogP contribution in [0.1, 0.15) is 20.3 Å². The summed E-state index contributed by atoms with van der Waals surface area (Å²) in [6, 6.07) is 4.92. The molecular formula is C16H22ClN3O4S. The van der Waals surface area contributed by atoms with Crippen LogP contribution in [-0.2, 0) is 14.6 Å². The van der Waals surface area contributed by atoms with Gasteiger partial charge < -0.3 is 16.0 Å². The van der Waals surface area contributed by atoms with Crippen molar-refractivity contribution in [3.05, 3.63) is 29.3 Å². The van der Waals surface area contributed by atoms with E-state index in [-0.39, 0.29) is 23.3 Å². The maximum Gasteiger partial charge on any atom is 0.315 e. The molecule has 1 heterocycles. The molecule has 0 aromatic heterocycles. The number of rotatable bonds is 5. The summed E-state index contributed by atoms with van der Waals surface area (Å²) in [5.74, 6) is -0.497. The van der Waals surface area contributed by atoms with E-state index in [4.69, 9.17) is 11.6 Å². The van der Waals surface area contributed by atoms with Gasteiger partial charge in [-0.1, -0.05) is 25.4 Å². The van der Waals surface area contributed by atoms with E-state index in [0.717, 1.165) is 0 Å². The Kier molecular flexibility index (Phi) is 6.29. The molecule has 2 atom stereocenters. The standard InChI is InChI=1S/C16H22ClN3O4S/c1-10(2)14(15(21)18-12-5-3-11(17)4-6-12)20-16(22)19-13-7-8-25(23,24)9-13/h3-6,10,13-14H,7-9H2,1-2H3,(H,18,21)(H2,19,20,22)/t13?,14-/m0/s1. The van der Waals surface area contributed by atoms with Crippen LogP contribution in [0.4, 0.5) is 10.5 Å². The molecule has 0 radical (unpaired) electrons. The average molecular weight is 388 g/mol. The van der Waals surface area contributed by atoms with E-state index in [1.54, 1.807) is 24.3 Å². The van der Waals surface area contributed by atoms with Gasteiger partial charge in [0.2, 0.25) is 5.91 Å². The van der Waals surface area contributed by atoms with Crippen LogP contribution in [0.2, 0.25) is 5.02 Å². The van der Waals surface area contributed by atoms with E-state index in [2.05, 4.69) is 16.0 Å². The van der Waals surface area contributed by atoms with Gasteiger partial charge >= 0.3 is 6.03 Å². The molecule has 3 amide bonds. The predicted octanol–water partition coefficient (Wildman–Crippen LogP) is 1.79. The summed E-state index contributed by atoms with van der Waals surface area (Å²) in [4.78, 5) is 24.5. The van der Waals surface area contributed by atoms with Gasteiger partial charge in [-0.2, -0.15) is 0 Å². The Morgan fingerprint density at radius 1 is 1.20 bits per heavy atom. The van der Waals surface area contributed by atoms with Crippen LogP contribution in [0.15, 0.2) is 24.3 Å². The number of urea groups is 1. The topological polar surface area (TPSA) is 104 Å². The lowest BCUT2D eigenvalue weighted by atomic mass is 10.0. The van der Waals surface area contributed by atoms with Crippen molar-refractivity contribution in [3.63, 3.8) is 0 Å². The zero-order valence-corrected chi connectivity index (χ0v) is 15.7. The molecule has 138 valence electrons. The van der Waals surface area contributed by atoms with Gasteiger partial charge in [0.25, 0.3) is 0 Å². The highest BCUT2D eigenvalue weighted by Crippen LogP contribution is 2.15. The summed E-state index contributed by atoms with van der Waals surface area (Å²) >= 11 is 5.81. The summed E-state index contributed by atoms with van der Waals surface area (Å²) in [6.45, 7) is 3.62. The van der Waals surface area contributed by atoms with Crippen LogP contribution in [0, 0.1) is 5.92 Å². The fraction of sp³-hybridized carbons (Fsp3) is 0.500. The van der Waals surface area contributed by atoms with Gasteiger partial charge in [0, 0.05) is 16.8 Å². The van der Waals surface area contributed by atoms with Crippen molar-refractivity contribution in [2.45, 2.75) is 32.4 Å².